The zero-order valence-electron chi connectivity index (χ0n) is 14.0. The molecule has 0 aromatic carbocycles. The van der Waals surface area contributed by atoms with Gasteiger partial charge in [-0.3, -0.25) is 14.7 Å². The highest BCUT2D eigenvalue weighted by atomic mass is 16.4. The lowest BCUT2D eigenvalue weighted by Crippen LogP contribution is -2.63. The molecule has 1 aromatic rings. The van der Waals surface area contributed by atoms with E-state index in [0.29, 0.717) is 24.4 Å². The van der Waals surface area contributed by atoms with Gasteiger partial charge in [0.25, 0.3) is 0 Å². The van der Waals surface area contributed by atoms with Gasteiger partial charge in [-0.2, -0.15) is 0 Å². The lowest BCUT2D eigenvalue weighted by Gasteiger charge is -2.49. The summed E-state index contributed by atoms with van der Waals surface area (Å²) >= 11 is 0. The fourth-order valence-electron chi connectivity index (χ4n) is 3.51. The molecule has 3 heterocycles. The van der Waals surface area contributed by atoms with Gasteiger partial charge in [0.05, 0.1) is 0 Å². The maximum absolute atomic E-state index is 10.2. The number of aliphatic hydroxyl groups is 1. The summed E-state index contributed by atoms with van der Waals surface area (Å²) in [6.45, 7) is 14.0. The van der Waals surface area contributed by atoms with E-state index in [1.165, 1.54) is 26.2 Å². The van der Waals surface area contributed by atoms with Crippen molar-refractivity contribution in [3.63, 3.8) is 0 Å². The zero-order chi connectivity index (χ0) is 15.7. The highest BCUT2D eigenvalue weighted by Gasteiger charge is 2.34. The van der Waals surface area contributed by atoms with Gasteiger partial charge in [0.1, 0.15) is 17.6 Å². The highest BCUT2D eigenvalue weighted by molar-refractivity contribution is 5.09. The van der Waals surface area contributed by atoms with E-state index in [4.69, 9.17) is 4.42 Å². The van der Waals surface area contributed by atoms with E-state index >= 15 is 0 Å². The van der Waals surface area contributed by atoms with E-state index in [0.717, 1.165) is 18.8 Å². The van der Waals surface area contributed by atoms with Crippen LogP contribution in [-0.4, -0.2) is 77.7 Å². The smallest absolute Gasteiger partial charge is 0.133 e. The summed E-state index contributed by atoms with van der Waals surface area (Å²) in [4.78, 5) is 7.48. The summed E-state index contributed by atoms with van der Waals surface area (Å²) in [5.74, 6) is 1.55. The maximum atomic E-state index is 10.2. The Bertz CT molecular complexity index is 474. The molecule has 3 rings (SSSR count). The van der Waals surface area contributed by atoms with Crippen LogP contribution < -0.4 is 0 Å². The number of nitrogens with zero attached hydrogens (tertiary/aromatic N) is 3. The normalized spacial score (nSPS) is 23.9. The van der Waals surface area contributed by atoms with Crippen molar-refractivity contribution in [3.8, 4) is 0 Å². The lowest BCUT2D eigenvalue weighted by molar-refractivity contribution is -0.0221. The Morgan fingerprint density at radius 1 is 1.18 bits per heavy atom. The van der Waals surface area contributed by atoms with E-state index in [1.807, 2.05) is 19.1 Å². The number of hydrogen-bond donors (Lipinski definition) is 1. The number of piperazine rings is 1. The molecule has 1 aromatic heterocycles. The van der Waals surface area contributed by atoms with Gasteiger partial charge in [-0.05, 0) is 32.9 Å². The number of hydrogen-bond acceptors (Lipinski definition) is 5. The molecule has 2 saturated heterocycles. The van der Waals surface area contributed by atoms with Crippen molar-refractivity contribution in [2.75, 3.05) is 45.8 Å². The van der Waals surface area contributed by atoms with Gasteiger partial charge >= 0.3 is 0 Å². The van der Waals surface area contributed by atoms with Gasteiger partial charge in [-0.1, -0.05) is 0 Å². The molecule has 1 unspecified atom stereocenters. The Morgan fingerprint density at radius 3 is 2.41 bits per heavy atom. The van der Waals surface area contributed by atoms with Crippen LogP contribution in [0.2, 0.25) is 0 Å². The van der Waals surface area contributed by atoms with Crippen LogP contribution in [-0.2, 0) is 0 Å². The minimum Gasteiger partial charge on any atom is -0.464 e. The Morgan fingerprint density at radius 2 is 1.86 bits per heavy atom. The van der Waals surface area contributed by atoms with Crippen LogP contribution in [0.4, 0.5) is 0 Å². The molecule has 0 saturated carbocycles. The molecule has 2 aliphatic rings. The van der Waals surface area contributed by atoms with E-state index < -0.39 is 6.10 Å². The van der Waals surface area contributed by atoms with Crippen LogP contribution >= 0.6 is 0 Å². The van der Waals surface area contributed by atoms with Gasteiger partial charge < -0.3 is 9.52 Å². The number of furan rings is 1. The van der Waals surface area contributed by atoms with Gasteiger partial charge in [-0.15, -0.1) is 0 Å². The van der Waals surface area contributed by atoms with Crippen LogP contribution in [0.5, 0.6) is 0 Å². The molecule has 22 heavy (non-hydrogen) atoms. The predicted octanol–water partition coefficient (Wildman–Crippen LogP) is 1.33. The van der Waals surface area contributed by atoms with Crippen molar-refractivity contribution in [2.24, 2.45) is 0 Å². The summed E-state index contributed by atoms with van der Waals surface area (Å²) in [7, 11) is 0. The Kier molecular flexibility index (Phi) is 4.88. The topological polar surface area (TPSA) is 43.1 Å². The second-order valence-electron chi connectivity index (χ2n) is 7.00. The van der Waals surface area contributed by atoms with Crippen molar-refractivity contribution in [3.05, 3.63) is 23.7 Å². The van der Waals surface area contributed by atoms with Gasteiger partial charge in [0.15, 0.2) is 0 Å². The first-order valence-electron chi connectivity index (χ1n) is 8.48. The number of likely N-dealkylation sites (tertiary alicyclic amines) is 1. The molecule has 0 aliphatic carbocycles. The zero-order valence-corrected chi connectivity index (χ0v) is 14.0. The molecule has 1 atom stereocenters. The minimum atomic E-state index is -0.507. The molecular formula is C17H29N3O2. The average molecular weight is 307 g/mol. The monoisotopic (exact) mass is 307 g/mol. The maximum Gasteiger partial charge on any atom is 0.133 e. The van der Waals surface area contributed by atoms with Crippen molar-refractivity contribution in [2.45, 2.75) is 39.0 Å². The van der Waals surface area contributed by atoms with Crippen molar-refractivity contribution in [1.82, 2.24) is 14.7 Å². The van der Waals surface area contributed by atoms with Crippen molar-refractivity contribution >= 4 is 0 Å². The van der Waals surface area contributed by atoms with Crippen LogP contribution in [0.3, 0.4) is 0 Å². The van der Waals surface area contributed by atoms with Crippen LogP contribution in [0.25, 0.3) is 0 Å². The third-order valence-electron chi connectivity index (χ3n) is 5.05. The first kappa shape index (κ1) is 16.0. The Hall–Kier alpha value is -0.880. The quantitative estimate of drug-likeness (QED) is 0.889. The second-order valence-corrected chi connectivity index (χ2v) is 7.00. The van der Waals surface area contributed by atoms with Crippen LogP contribution in [0.15, 0.2) is 16.5 Å². The highest BCUT2D eigenvalue weighted by Crippen LogP contribution is 2.22. The summed E-state index contributed by atoms with van der Waals surface area (Å²) < 4.78 is 5.50. The Labute approximate surface area is 133 Å². The first-order chi connectivity index (χ1) is 10.5. The standard InChI is InChI=1S/C17H29N3O2/c1-13(2)19-6-8-20(9-7-19)15-10-18(11-15)12-16(21)17-5-4-14(3)22-17/h4-5,13,15-16,21H,6-12H2,1-3H3. The molecule has 5 heteroatoms. The lowest BCUT2D eigenvalue weighted by atomic mass is 10.0. The molecule has 0 amide bonds. The second kappa shape index (κ2) is 6.71. The SMILES string of the molecule is Cc1ccc(C(O)CN2CC(N3CCN(C(C)C)CC3)C2)o1. The molecule has 5 nitrogen and oxygen atoms in total. The third kappa shape index (κ3) is 3.54. The van der Waals surface area contributed by atoms with E-state index in [2.05, 4.69) is 28.5 Å². The van der Waals surface area contributed by atoms with Gasteiger partial charge in [0, 0.05) is 57.9 Å². The molecule has 2 fully saturated rings. The van der Waals surface area contributed by atoms with Crippen molar-refractivity contribution < 1.29 is 9.52 Å². The summed E-state index contributed by atoms with van der Waals surface area (Å²) in [5, 5.41) is 10.2. The summed E-state index contributed by atoms with van der Waals surface area (Å²) in [6, 6.07) is 5.11. The van der Waals surface area contributed by atoms with E-state index in [9.17, 15) is 5.11 Å². The molecular weight excluding hydrogens is 278 g/mol. The fourth-order valence-corrected chi connectivity index (χ4v) is 3.51. The molecule has 0 spiro atoms. The minimum absolute atomic E-state index is 0.507. The average Bonchev–Trinajstić information content (AvgIpc) is 2.89. The third-order valence-corrected chi connectivity index (χ3v) is 5.05. The van der Waals surface area contributed by atoms with Crippen LogP contribution in [0.1, 0.15) is 31.5 Å². The Balaban J connectivity index is 1.39. The molecule has 2 aliphatic heterocycles. The molecule has 1 N–H and O–H groups in total. The van der Waals surface area contributed by atoms with Gasteiger partial charge in [-0.25, -0.2) is 0 Å². The van der Waals surface area contributed by atoms with E-state index in [-0.39, 0.29) is 0 Å². The molecule has 0 bridgehead atoms. The number of rotatable bonds is 5. The summed E-state index contributed by atoms with van der Waals surface area (Å²) in [6.07, 6.45) is -0.507. The largest absolute Gasteiger partial charge is 0.464 e. The molecule has 0 radical (unpaired) electrons. The number of aryl methyl sites for hydroxylation is 1. The first-order valence-corrected chi connectivity index (χ1v) is 8.48. The van der Waals surface area contributed by atoms with Gasteiger partial charge in [0.2, 0.25) is 0 Å². The predicted molar refractivity (Wildman–Crippen MR) is 86.9 cm³/mol. The number of aliphatic hydroxyl groups excluding tert-OH is 1. The fraction of sp³-hybridized carbons (Fsp3) is 0.765. The molecule has 124 valence electrons. The summed E-state index contributed by atoms with van der Waals surface area (Å²) in [5.41, 5.74) is 0. The van der Waals surface area contributed by atoms with E-state index in [1.54, 1.807) is 0 Å². The van der Waals surface area contributed by atoms with Crippen molar-refractivity contribution in [1.29, 1.82) is 0 Å². The number of β-amino-alcohol motifs (C(OH)–C–C–N with tert-alkyl or cyclic N) is 1. The van der Waals surface area contributed by atoms with Crippen LogP contribution in [0, 0.1) is 6.92 Å².